The minimum atomic E-state index is -1.04. The molecule has 1 amide bonds. The maximum Gasteiger partial charge on any atom is 0.305 e. The highest BCUT2D eigenvalue weighted by Crippen LogP contribution is 2.29. The van der Waals surface area contributed by atoms with Crippen LogP contribution in [0.1, 0.15) is 29.6 Å². The molecule has 1 fully saturated rings. The number of carbonyl (C=O) groups excluding carboxylic acids is 1. The Morgan fingerprint density at radius 3 is 2.57 bits per heavy atom. The molecule has 8 heteroatoms. The van der Waals surface area contributed by atoms with E-state index in [1.807, 2.05) is 0 Å². The van der Waals surface area contributed by atoms with Crippen molar-refractivity contribution >= 4 is 17.6 Å². The molecule has 0 unspecified atom stereocenters. The monoisotopic (exact) mass is 296 g/mol. The Morgan fingerprint density at radius 2 is 2.10 bits per heavy atom. The maximum atomic E-state index is 13.8. The summed E-state index contributed by atoms with van der Waals surface area (Å²) in [5, 5.41) is 19.2. The zero-order chi connectivity index (χ0) is 15.6. The molecule has 0 atom stereocenters. The van der Waals surface area contributed by atoms with Crippen LogP contribution in [0.4, 0.5) is 10.1 Å². The van der Waals surface area contributed by atoms with Crippen LogP contribution in [0.3, 0.4) is 0 Å². The van der Waals surface area contributed by atoms with Gasteiger partial charge in [-0.25, -0.2) is 4.39 Å². The minimum absolute atomic E-state index is 0.00470. The van der Waals surface area contributed by atoms with Crippen LogP contribution in [0, 0.1) is 15.9 Å². The van der Waals surface area contributed by atoms with Crippen molar-refractivity contribution < 1.29 is 24.0 Å². The molecule has 0 radical (unpaired) electrons. The zero-order valence-corrected chi connectivity index (χ0v) is 11.0. The topological polar surface area (TPSA) is 101 Å². The van der Waals surface area contributed by atoms with Gasteiger partial charge in [-0.05, 0) is 18.9 Å². The molecule has 0 spiro atoms. The number of hydrogen-bond donors (Lipinski definition) is 1. The lowest BCUT2D eigenvalue weighted by molar-refractivity contribution is -0.385. The quantitative estimate of drug-likeness (QED) is 0.637. The first-order valence-electron chi connectivity index (χ1n) is 6.37. The number of aliphatic carboxylic acids is 1. The van der Waals surface area contributed by atoms with E-state index in [4.69, 9.17) is 5.11 Å². The van der Waals surface area contributed by atoms with Crippen LogP contribution < -0.4 is 0 Å². The van der Waals surface area contributed by atoms with Crippen LogP contribution >= 0.6 is 0 Å². The molecule has 1 aliphatic rings. The van der Waals surface area contributed by atoms with Crippen molar-refractivity contribution in [1.82, 2.24) is 4.90 Å². The normalized spacial score (nSPS) is 13.8. The van der Waals surface area contributed by atoms with Gasteiger partial charge in [0.15, 0.2) is 0 Å². The predicted molar refractivity (Wildman–Crippen MR) is 69.4 cm³/mol. The number of amides is 1. The molecule has 1 aromatic rings. The fourth-order valence-electron chi connectivity index (χ4n) is 2.00. The second-order valence-electron chi connectivity index (χ2n) is 4.79. The van der Waals surface area contributed by atoms with Crippen molar-refractivity contribution in [3.63, 3.8) is 0 Å². The van der Waals surface area contributed by atoms with Gasteiger partial charge in [0, 0.05) is 18.7 Å². The fourth-order valence-corrected chi connectivity index (χ4v) is 2.00. The standard InChI is InChI=1S/C13H13FN2O5/c14-11-7-9(16(20)21)3-4-10(11)13(19)15(8-1-2-8)6-5-12(17)18/h3-4,7-8H,1-2,5-6H2,(H,17,18). The summed E-state index contributed by atoms with van der Waals surface area (Å²) in [4.78, 5) is 34.0. The Labute approximate surface area is 119 Å². The van der Waals surface area contributed by atoms with E-state index in [-0.39, 0.29) is 24.6 Å². The van der Waals surface area contributed by atoms with E-state index in [0.29, 0.717) is 6.07 Å². The molecule has 21 heavy (non-hydrogen) atoms. The minimum Gasteiger partial charge on any atom is -0.481 e. The molecule has 1 aromatic carbocycles. The van der Waals surface area contributed by atoms with Crippen molar-refractivity contribution in [2.45, 2.75) is 25.3 Å². The molecule has 0 heterocycles. The predicted octanol–water partition coefficient (Wildman–Crippen LogP) is 1.81. The van der Waals surface area contributed by atoms with Crippen LogP contribution in [0.15, 0.2) is 18.2 Å². The van der Waals surface area contributed by atoms with E-state index >= 15 is 0 Å². The Bertz CT molecular complexity index is 600. The summed E-state index contributed by atoms with van der Waals surface area (Å²) in [6, 6.07) is 2.73. The molecule has 1 aliphatic carbocycles. The Morgan fingerprint density at radius 1 is 1.43 bits per heavy atom. The summed E-state index contributed by atoms with van der Waals surface area (Å²) in [6.07, 6.45) is 1.27. The van der Waals surface area contributed by atoms with E-state index in [2.05, 4.69) is 0 Å². The van der Waals surface area contributed by atoms with Gasteiger partial charge in [-0.15, -0.1) is 0 Å². The van der Waals surface area contributed by atoms with Crippen LogP contribution in [0.25, 0.3) is 0 Å². The fraction of sp³-hybridized carbons (Fsp3) is 0.385. The Kier molecular flexibility index (Phi) is 4.15. The number of hydrogen-bond acceptors (Lipinski definition) is 4. The number of benzene rings is 1. The van der Waals surface area contributed by atoms with Gasteiger partial charge in [0.05, 0.1) is 23.0 Å². The largest absolute Gasteiger partial charge is 0.481 e. The van der Waals surface area contributed by atoms with Gasteiger partial charge in [0.1, 0.15) is 5.82 Å². The van der Waals surface area contributed by atoms with Gasteiger partial charge >= 0.3 is 5.97 Å². The second kappa shape index (κ2) is 5.86. The van der Waals surface area contributed by atoms with Gasteiger partial charge in [-0.1, -0.05) is 0 Å². The summed E-state index contributed by atoms with van der Waals surface area (Å²) in [5.74, 6) is -2.65. The summed E-state index contributed by atoms with van der Waals surface area (Å²) in [5.41, 5.74) is -0.717. The zero-order valence-electron chi connectivity index (χ0n) is 11.0. The average molecular weight is 296 g/mol. The third-order valence-corrected chi connectivity index (χ3v) is 3.21. The molecule has 0 saturated heterocycles. The SMILES string of the molecule is O=C(O)CCN(C(=O)c1ccc([N+](=O)[O-])cc1F)C1CC1. The molecular weight excluding hydrogens is 283 g/mol. The number of halogens is 1. The molecule has 1 saturated carbocycles. The number of carboxylic acid groups (broad SMARTS) is 1. The number of non-ortho nitro benzene ring substituents is 1. The van der Waals surface area contributed by atoms with Crippen LogP contribution in [0.2, 0.25) is 0 Å². The van der Waals surface area contributed by atoms with Crippen molar-refractivity contribution in [3.05, 3.63) is 39.7 Å². The lowest BCUT2D eigenvalue weighted by atomic mass is 10.1. The molecule has 0 aliphatic heterocycles. The number of carboxylic acids is 1. The summed E-state index contributed by atoms with van der Waals surface area (Å²) < 4.78 is 13.8. The van der Waals surface area contributed by atoms with Gasteiger partial charge < -0.3 is 10.0 Å². The Hall–Kier alpha value is -2.51. The van der Waals surface area contributed by atoms with Crippen LogP contribution in [0.5, 0.6) is 0 Å². The summed E-state index contributed by atoms with van der Waals surface area (Å²) in [7, 11) is 0. The number of nitrogens with zero attached hydrogens (tertiary/aromatic N) is 2. The molecule has 112 valence electrons. The van der Waals surface area contributed by atoms with Crippen LogP contribution in [-0.2, 0) is 4.79 Å². The van der Waals surface area contributed by atoms with E-state index in [1.54, 1.807) is 0 Å². The lowest BCUT2D eigenvalue weighted by Crippen LogP contribution is -2.35. The molecular formula is C13H13FN2O5. The van der Waals surface area contributed by atoms with Crippen molar-refractivity contribution in [2.24, 2.45) is 0 Å². The van der Waals surface area contributed by atoms with E-state index in [9.17, 15) is 24.1 Å². The first-order valence-corrected chi connectivity index (χ1v) is 6.37. The third-order valence-electron chi connectivity index (χ3n) is 3.21. The van der Waals surface area contributed by atoms with E-state index in [0.717, 1.165) is 25.0 Å². The molecule has 7 nitrogen and oxygen atoms in total. The first-order chi connectivity index (χ1) is 9.90. The Balaban J connectivity index is 2.20. The van der Waals surface area contributed by atoms with Crippen LogP contribution in [-0.4, -0.2) is 39.4 Å². The number of nitro benzene ring substituents is 1. The van der Waals surface area contributed by atoms with Gasteiger partial charge in [0.25, 0.3) is 11.6 Å². The van der Waals surface area contributed by atoms with Gasteiger partial charge in [-0.2, -0.15) is 0 Å². The van der Waals surface area contributed by atoms with E-state index in [1.165, 1.54) is 4.90 Å². The number of rotatable bonds is 6. The highest BCUT2D eigenvalue weighted by Gasteiger charge is 2.34. The lowest BCUT2D eigenvalue weighted by Gasteiger charge is -2.21. The summed E-state index contributed by atoms with van der Waals surface area (Å²) >= 11 is 0. The first kappa shape index (κ1) is 14.9. The van der Waals surface area contributed by atoms with Gasteiger partial charge in [0.2, 0.25) is 0 Å². The highest BCUT2D eigenvalue weighted by atomic mass is 19.1. The smallest absolute Gasteiger partial charge is 0.305 e. The van der Waals surface area contributed by atoms with E-state index < -0.39 is 28.3 Å². The van der Waals surface area contributed by atoms with Crippen molar-refractivity contribution in [2.75, 3.05) is 6.54 Å². The average Bonchev–Trinajstić information content (AvgIpc) is 3.22. The second-order valence-corrected chi connectivity index (χ2v) is 4.79. The molecule has 0 bridgehead atoms. The summed E-state index contributed by atoms with van der Waals surface area (Å²) in [6.45, 7) is -0.00470. The van der Waals surface area contributed by atoms with Crippen molar-refractivity contribution in [1.29, 1.82) is 0 Å². The highest BCUT2D eigenvalue weighted by molar-refractivity contribution is 5.95. The molecule has 2 rings (SSSR count). The molecule has 0 aromatic heterocycles. The van der Waals surface area contributed by atoms with Crippen molar-refractivity contribution in [3.8, 4) is 0 Å². The maximum absolute atomic E-state index is 13.8. The van der Waals surface area contributed by atoms with Gasteiger partial charge in [-0.3, -0.25) is 19.7 Å². The third kappa shape index (κ3) is 3.53. The molecule has 1 N–H and O–H groups in total. The number of carbonyl (C=O) groups is 2. The number of nitro groups is 1.